The van der Waals surface area contributed by atoms with Crippen molar-refractivity contribution in [2.45, 2.75) is 41.5 Å². The summed E-state index contributed by atoms with van der Waals surface area (Å²) in [4.78, 5) is 2.69. The molecule has 0 aliphatic heterocycles. The predicted molar refractivity (Wildman–Crippen MR) is 187 cm³/mol. The molecule has 7 aromatic rings. The molecule has 0 bridgehead atoms. The van der Waals surface area contributed by atoms with Crippen molar-refractivity contribution in [2.75, 3.05) is 0 Å². The molecule has 0 saturated heterocycles. The van der Waals surface area contributed by atoms with Gasteiger partial charge in [-0.15, -0.1) is 22.7 Å². The SMILES string of the molecule is Cc1cc(C)c(-c2cc3c(s2)c(-c2ccccc2)c(-c2ccccc2)c2sc(-c4c(C)cc(C)cc4C)cc23)c(C)c1. The zero-order valence-corrected chi connectivity index (χ0v) is 26.7. The summed E-state index contributed by atoms with van der Waals surface area (Å²) >= 11 is 3.90. The molecule has 42 heavy (non-hydrogen) atoms. The van der Waals surface area contributed by atoms with Gasteiger partial charge in [0, 0.05) is 41.1 Å². The maximum atomic E-state index is 2.47. The van der Waals surface area contributed by atoms with Crippen molar-refractivity contribution >= 4 is 42.8 Å². The van der Waals surface area contributed by atoms with E-state index in [0.29, 0.717) is 0 Å². The van der Waals surface area contributed by atoms with Gasteiger partial charge < -0.3 is 0 Å². The lowest BCUT2D eigenvalue weighted by Crippen LogP contribution is -1.87. The average molecular weight is 579 g/mol. The third kappa shape index (κ3) is 4.42. The van der Waals surface area contributed by atoms with Gasteiger partial charge in [0.05, 0.1) is 0 Å². The molecule has 0 aliphatic carbocycles. The van der Waals surface area contributed by atoms with Crippen LogP contribution < -0.4 is 0 Å². The van der Waals surface area contributed by atoms with Crippen LogP contribution in [0.2, 0.25) is 0 Å². The number of aryl methyl sites for hydroxylation is 6. The summed E-state index contributed by atoms with van der Waals surface area (Å²) < 4.78 is 2.73. The average Bonchev–Trinajstić information content (AvgIpc) is 3.57. The Morgan fingerprint density at radius 2 is 0.714 bits per heavy atom. The second-order valence-electron chi connectivity index (χ2n) is 11.7. The molecule has 0 unspecified atom stereocenters. The highest BCUT2D eigenvalue weighted by Gasteiger charge is 2.24. The van der Waals surface area contributed by atoms with Crippen LogP contribution in [0.3, 0.4) is 0 Å². The summed E-state index contributed by atoms with van der Waals surface area (Å²) in [5.74, 6) is 0. The van der Waals surface area contributed by atoms with Gasteiger partial charge in [-0.2, -0.15) is 0 Å². The lowest BCUT2D eigenvalue weighted by molar-refractivity contribution is 1.33. The Balaban J connectivity index is 1.66. The van der Waals surface area contributed by atoms with E-state index in [9.17, 15) is 0 Å². The summed E-state index contributed by atoms with van der Waals surface area (Å²) in [5.41, 5.74) is 16.0. The van der Waals surface area contributed by atoms with Crippen LogP contribution >= 0.6 is 22.7 Å². The summed E-state index contributed by atoms with van der Waals surface area (Å²) in [5, 5.41) is 2.71. The molecular weight excluding hydrogens is 545 g/mol. The summed E-state index contributed by atoms with van der Waals surface area (Å²) in [6.07, 6.45) is 0. The van der Waals surface area contributed by atoms with Crippen LogP contribution in [0.1, 0.15) is 33.4 Å². The van der Waals surface area contributed by atoms with Crippen molar-refractivity contribution in [3.05, 3.63) is 130 Å². The van der Waals surface area contributed by atoms with Crippen LogP contribution in [0.5, 0.6) is 0 Å². The molecule has 0 fully saturated rings. The molecular formula is C40H34S2. The summed E-state index contributed by atoms with van der Waals surface area (Å²) in [6, 6.07) is 36.2. The van der Waals surface area contributed by atoms with Gasteiger partial charge >= 0.3 is 0 Å². The first kappa shape index (κ1) is 26.9. The lowest BCUT2D eigenvalue weighted by atomic mass is 9.91. The fourth-order valence-corrected chi connectivity index (χ4v) is 9.77. The van der Waals surface area contributed by atoms with Gasteiger partial charge in [-0.25, -0.2) is 0 Å². The fourth-order valence-electron chi connectivity index (χ4n) is 6.92. The Hall–Kier alpha value is -3.98. The minimum absolute atomic E-state index is 1.27. The highest BCUT2D eigenvalue weighted by atomic mass is 32.1. The minimum atomic E-state index is 1.27. The van der Waals surface area contributed by atoms with Crippen molar-refractivity contribution in [3.8, 4) is 43.1 Å². The molecule has 0 nitrogen and oxygen atoms in total. The van der Waals surface area contributed by atoms with Crippen molar-refractivity contribution in [1.29, 1.82) is 0 Å². The van der Waals surface area contributed by atoms with E-state index >= 15 is 0 Å². The van der Waals surface area contributed by atoms with Crippen LogP contribution in [-0.2, 0) is 0 Å². The molecule has 0 atom stereocenters. The molecule has 0 saturated carbocycles. The Morgan fingerprint density at radius 1 is 0.381 bits per heavy atom. The van der Waals surface area contributed by atoms with Crippen molar-refractivity contribution in [3.63, 3.8) is 0 Å². The van der Waals surface area contributed by atoms with Crippen LogP contribution in [-0.4, -0.2) is 0 Å². The smallest absolute Gasteiger partial charge is 0.0441 e. The number of hydrogen-bond acceptors (Lipinski definition) is 2. The fraction of sp³-hybridized carbons (Fsp3) is 0.150. The van der Waals surface area contributed by atoms with Crippen LogP contribution in [0.25, 0.3) is 63.3 Å². The zero-order valence-electron chi connectivity index (χ0n) is 25.1. The van der Waals surface area contributed by atoms with E-state index in [1.807, 2.05) is 22.7 Å². The second kappa shape index (κ2) is 10.4. The molecule has 2 aromatic heterocycles. The first-order valence-corrected chi connectivity index (χ1v) is 16.2. The largest absolute Gasteiger partial charge is 0.134 e. The summed E-state index contributed by atoms with van der Waals surface area (Å²) in [6.45, 7) is 13.4. The minimum Gasteiger partial charge on any atom is -0.134 e. The number of benzene rings is 5. The van der Waals surface area contributed by atoms with Crippen molar-refractivity contribution in [2.24, 2.45) is 0 Å². The van der Waals surface area contributed by atoms with E-state index < -0.39 is 0 Å². The maximum absolute atomic E-state index is 2.47. The van der Waals surface area contributed by atoms with E-state index in [2.05, 4.69) is 139 Å². The molecule has 5 aromatic carbocycles. The van der Waals surface area contributed by atoms with Gasteiger partial charge in [-0.1, -0.05) is 96.1 Å². The predicted octanol–water partition coefficient (Wildman–Crippen LogP) is 12.6. The first-order chi connectivity index (χ1) is 20.3. The first-order valence-electron chi connectivity index (χ1n) is 14.6. The Labute approximate surface area is 256 Å². The lowest BCUT2D eigenvalue weighted by Gasteiger charge is -2.14. The molecule has 7 rings (SSSR count). The van der Waals surface area contributed by atoms with E-state index in [4.69, 9.17) is 0 Å². The Kier molecular flexibility index (Phi) is 6.65. The third-order valence-electron chi connectivity index (χ3n) is 8.43. The molecule has 0 radical (unpaired) electrons. The van der Waals surface area contributed by atoms with Gasteiger partial charge in [0.1, 0.15) is 0 Å². The molecule has 0 N–H and O–H groups in total. The Bertz CT molecular complexity index is 1920. The van der Waals surface area contributed by atoms with Gasteiger partial charge in [-0.05, 0) is 98.2 Å². The zero-order chi connectivity index (χ0) is 29.1. The monoisotopic (exact) mass is 578 g/mol. The molecule has 206 valence electrons. The Morgan fingerprint density at radius 3 is 1.05 bits per heavy atom. The standard InChI is InChI=1S/C40H34S2/c1-23-17-25(3)35(26(4)18-23)33-21-31-32-22-34(36-27(5)19-24(2)20-28(36)6)42-40(32)38(30-15-11-8-12-16-30)37(39(31)41-33)29-13-9-7-10-14-29/h7-22H,1-6H3. The normalized spacial score (nSPS) is 11.6. The van der Waals surface area contributed by atoms with E-state index in [-0.39, 0.29) is 0 Å². The highest BCUT2D eigenvalue weighted by Crippen LogP contribution is 2.53. The number of thiophene rings is 2. The third-order valence-corrected chi connectivity index (χ3v) is 10.8. The van der Waals surface area contributed by atoms with Crippen LogP contribution in [0.4, 0.5) is 0 Å². The van der Waals surface area contributed by atoms with Gasteiger partial charge in [0.25, 0.3) is 0 Å². The topological polar surface area (TPSA) is 0 Å². The number of hydrogen-bond donors (Lipinski definition) is 0. The summed E-state index contributed by atoms with van der Waals surface area (Å²) in [7, 11) is 0. The van der Waals surface area contributed by atoms with Gasteiger partial charge in [-0.3, -0.25) is 0 Å². The van der Waals surface area contributed by atoms with Crippen LogP contribution in [0.15, 0.2) is 97.1 Å². The van der Waals surface area contributed by atoms with Gasteiger partial charge in [0.2, 0.25) is 0 Å². The maximum Gasteiger partial charge on any atom is 0.0441 e. The van der Waals surface area contributed by atoms with E-state index in [0.717, 1.165) is 0 Å². The van der Waals surface area contributed by atoms with Crippen LogP contribution in [0, 0.1) is 41.5 Å². The van der Waals surface area contributed by atoms with Crippen molar-refractivity contribution in [1.82, 2.24) is 0 Å². The second-order valence-corrected chi connectivity index (χ2v) is 13.8. The molecule has 2 heteroatoms. The number of rotatable bonds is 4. The quantitative estimate of drug-likeness (QED) is 0.195. The van der Waals surface area contributed by atoms with Gasteiger partial charge in [0.15, 0.2) is 0 Å². The number of fused-ring (bicyclic) bond motifs is 3. The molecule has 2 heterocycles. The van der Waals surface area contributed by atoms with E-state index in [1.54, 1.807) is 0 Å². The molecule has 0 aliphatic rings. The van der Waals surface area contributed by atoms with E-state index in [1.165, 1.54) is 96.7 Å². The molecule has 0 spiro atoms. The van der Waals surface area contributed by atoms with Crippen molar-refractivity contribution < 1.29 is 0 Å². The highest BCUT2D eigenvalue weighted by molar-refractivity contribution is 7.25. The molecule has 0 amide bonds.